The van der Waals surface area contributed by atoms with E-state index >= 15 is 0 Å². The minimum atomic E-state index is -0.0146. The summed E-state index contributed by atoms with van der Waals surface area (Å²) >= 11 is 0. The zero-order valence-electron chi connectivity index (χ0n) is 14.8. The molecule has 6 nitrogen and oxygen atoms in total. The van der Waals surface area contributed by atoms with Gasteiger partial charge in [-0.3, -0.25) is 9.20 Å². The molecular weight excluding hydrogens is 338 g/mol. The van der Waals surface area contributed by atoms with Gasteiger partial charge in [-0.05, 0) is 37.1 Å². The summed E-state index contributed by atoms with van der Waals surface area (Å²) in [6.07, 6.45) is 3.94. The van der Waals surface area contributed by atoms with Gasteiger partial charge < -0.3 is 4.90 Å². The summed E-state index contributed by atoms with van der Waals surface area (Å²) in [5.41, 5.74) is 2.19. The Hall–Kier alpha value is -3.28. The van der Waals surface area contributed by atoms with Gasteiger partial charge in [0.15, 0.2) is 5.65 Å². The molecule has 27 heavy (non-hydrogen) atoms. The van der Waals surface area contributed by atoms with E-state index in [1.165, 1.54) is 0 Å². The van der Waals surface area contributed by atoms with Crippen molar-refractivity contribution in [1.82, 2.24) is 24.5 Å². The minimum absolute atomic E-state index is 0.0146. The number of carbonyl (C=O) groups excluding carboxylic acids is 1. The van der Waals surface area contributed by atoms with Crippen molar-refractivity contribution in [2.45, 2.75) is 18.8 Å². The van der Waals surface area contributed by atoms with Crippen molar-refractivity contribution in [3.8, 4) is 0 Å². The van der Waals surface area contributed by atoms with Crippen LogP contribution in [0.1, 0.15) is 35.1 Å². The van der Waals surface area contributed by atoms with Gasteiger partial charge in [0.05, 0.1) is 5.52 Å². The molecule has 134 valence electrons. The maximum atomic E-state index is 13.0. The van der Waals surface area contributed by atoms with Crippen molar-refractivity contribution in [3.05, 3.63) is 72.3 Å². The monoisotopic (exact) mass is 357 g/mol. The van der Waals surface area contributed by atoms with Crippen molar-refractivity contribution in [1.29, 1.82) is 0 Å². The number of likely N-dealkylation sites (tertiary alicyclic amines) is 1. The summed E-state index contributed by atoms with van der Waals surface area (Å²) in [6, 6.07) is 17.5. The second kappa shape index (κ2) is 6.46. The Morgan fingerprint density at radius 3 is 2.85 bits per heavy atom. The van der Waals surface area contributed by atoms with E-state index in [0.717, 1.165) is 41.8 Å². The number of rotatable bonds is 2. The van der Waals surface area contributed by atoms with Crippen molar-refractivity contribution >= 4 is 22.5 Å². The van der Waals surface area contributed by atoms with Crippen LogP contribution in [0.25, 0.3) is 16.6 Å². The molecular formula is C21H19N5O. The van der Waals surface area contributed by atoms with Crippen LogP contribution in [0.2, 0.25) is 0 Å². The normalized spacial score (nSPS) is 17.5. The Bertz CT molecular complexity index is 1140. The van der Waals surface area contributed by atoms with Crippen molar-refractivity contribution < 1.29 is 4.79 Å². The van der Waals surface area contributed by atoms with Crippen LogP contribution in [0.15, 0.2) is 60.8 Å². The zero-order chi connectivity index (χ0) is 18.2. The molecule has 0 bridgehead atoms. The number of piperidine rings is 1. The molecule has 1 saturated heterocycles. The van der Waals surface area contributed by atoms with Crippen LogP contribution < -0.4 is 0 Å². The Kier molecular flexibility index (Phi) is 3.81. The van der Waals surface area contributed by atoms with E-state index in [4.69, 9.17) is 0 Å². The summed E-state index contributed by atoms with van der Waals surface area (Å²) in [7, 11) is 0. The van der Waals surface area contributed by atoms with Gasteiger partial charge in [0.25, 0.3) is 5.91 Å². The van der Waals surface area contributed by atoms with E-state index in [9.17, 15) is 4.79 Å². The highest BCUT2D eigenvalue weighted by Crippen LogP contribution is 2.27. The summed E-state index contributed by atoms with van der Waals surface area (Å²) in [6.45, 7) is 1.39. The highest BCUT2D eigenvalue weighted by Gasteiger charge is 2.29. The lowest BCUT2D eigenvalue weighted by atomic mass is 9.97. The number of pyridine rings is 2. The molecule has 1 fully saturated rings. The number of para-hydroxylation sites is 1. The van der Waals surface area contributed by atoms with Gasteiger partial charge in [0.2, 0.25) is 0 Å². The van der Waals surface area contributed by atoms with Gasteiger partial charge in [-0.15, -0.1) is 10.2 Å². The first-order chi connectivity index (χ1) is 13.3. The number of amides is 1. The summed E-state index contributed by atoms with van der Waals surface area (Å²) in [5.74, 6) is 1.09. The lowest BCUT2D eigenvalue weighted by molar-refractivity contribution is 0.0698. The SMILES string of the molecule is O=C(c1ccc2ccccc2n1)N1CCC[C@H](c2nnc3ccccn23)C1. The number of aromatic nitrogens is 4. The van der Waals surface area contributed by atoms with Crippen LogP contribution in [-0.4, -0.2) is 43.5 Å². The third kappa shape index (κ3) is 2.83. The highest BCUT2D eigenvalue weighted by molar-refractivity contribution is 5.95. The first kappa shape index (κ1) is 15.9. The quantitative estimate of drug-likeness (QED) is 0.552. The fourth-order valence-corrected chi connectivity index (χ4v) is 3.86. The predicted molar refractivity (Wildman–Crippen MR) is 103 cm³/mol. The van der Waals surface area contributed by atoms with Crippen molar-refractivity contribution in [3.63, 3.8) is 0 Å². The van der Waals surface area contributed by atoms with Crippen LogP contribution in [-0.2, 0) is 0 Å². The molecule has 0 spiro atoms. The summed E-state index contributed by atoms with van der Waals surface area (Å²) in [4.78, 5) is 19.5. The van der Waals surface area contributed by atoms with Crippen LogP contribution in [0.3, 0.4) is 0 Å². The minimum Gasteiger partial charge on any atom is -0.337 e. The molecule has 1 aromatic carbocycles. The van der Waals surface area contributed by atoms with Crippen molar-refractivity contribution in [2.75, 3.05) is 13.1 Å². The lowest BCUT2D eigenvalue weighted by Gasteiger charge is -2.31. The molecule has 1 aliphatic heterocycles. The standard InChI is InChI=1S/C21H19N5O/c27-21(18-11-10-15-6-1-2-8-17(15)22-18)25-12-5-7-16(14-25)20-24-23-19-9-3-4-13-26(19)20/h1-4,6,8-11,13,16H,5,7,12,14H2/t16-/m0/s1. The number of hydrogen-bond donors (Lipinski definition) is 0. The summed E-state index contributed by atoms with van der Waals surface area (Å²) in [5, 5.41) is 9.68. The van der Waals surface area contributed by atoms with E-state index in [2.05, 4.69) is 15.2 Å². The van der Waals surface area contributed by atoms with Crippen molar-refractivity contribution in [2.24, 2.45) is 0 Å². The zero-order valence-corrected chi connectivity index (χ0v) is 14.8. The first-order valence-electron chi connectivity index (χ1n) is 9.24. The average molecular weight is 357 g/mol. The maximum absolute atomic E-state index is 13.0. The molecule has 1 amide bonds. The summed E-state index contributed by atoms with van der Waals surface area (Å²) < 4.78 is 2.02. The highest BCUT2D eigenvalue weighted by atomic mass is 16.2. The van der Waals surface area contributed by atoms with Gasteiger partial charge in [0.1, 0.15) is 11.5 Å². The predicted octanol–water partition coefficient (Wildman–Crippen LogP) is 3.30. The molecule has 0 aliphatic carbocycles. The fraction of sp³-hybridized carbons (Fsp3) is 0.238. The van der Waals surface area contributed by atoms with Crippen LogP contribution in [0.4, 0.5) is 0 Å². The van der Waals surface area contributed by atoms with E-state index in [-0.39, 0.29) is 11.8 Å². The largest absolute Gasteiger partial charge is 0.337 e. The molecule has 1 aliphatic rings. The van der Waals surface area contributed by atoms with Gasteiger partial charge in [-0.25, -0.2) is 4.98 Å². The number of hydrogen-bond acceptors (Lipinski definition) is 4. The average Bonchev–Trinajstić information content (AvgIpc) is 3.17. The van der Waals surface area contributed by atoms with E-state index in [0.29, 0.717) is 12.2 Å². The second-order valence-electron chi connectivity index (χ2n) is 6.97. The molecule has 4 aromatic rings. The van der Waals surface area contributed by atoms with Gasteiger partial charge >= 0.3 is 0 Å². The van der Waals surface area contributed by atoms with Crippen LogP contribution in [0.5, 0.6) is 0 Å². The van der Waals surface area contributed by atoms with Gasteiger partial charge in [-0.2, -0.15) is 0 Å². The number of carbonyl (C=O) groups is 1. The van der Waals surface area contributed by atoms with Crippen LogP contribution in [0, 0.1) is 0 Å². The van der Waals surface area contributed by atoms with E-state index in [1.807, 2.05) is 70.1 Å². The Labute approximate surface area is 156 Å². The number of fused-ring (bicyclic) bond motifs is 2. The maximum Gasteiger partial charge on any atom is 0.272 e. The molecule has 0 N–H and O–H groups in total. The third-order valence-electron chi connectivity index (χ3n) is 5.23. The topological polar surface area (TPSA) is 63.4 Å². The Morgan fingerprint density at radius 1 is 1.00 bits per heavy atom. The fourth-order valence-electron chi connectivity index (χ4n) is 3.86. The van der Waals surface area contributed by atoms with Gasteiger partial charge in [-0.1, -0.05) is 30.3 Å². The molecule has 5 rings (SSSR count). The lowest BCUT2D eigenvalue weighted by Crippen LogP contribution is -2.40. The van der Waals surface area contributed by atoms with Crippen LogP contribution >= 0.6 is 0 Å². The smallest absolute Gasteiger partial charge is 0.272 e. The molecule has 0 unspecified atom stereocenters. The Morgan fingerprint density at radius 2 is 1.89 bits per heavy atom. The Balaban J connectivity index is 1.42. The van der Waals surface area contributed by atoms with Gasteiger partial charge in [0, 0.05) is 30.6 Å². The number of benzene rings is 1. The second-order valence-corrected chi connectivity index (χ2v) is 6.97. The molecule has 0 saturated carbocycles. The molecule has 1 atom stereocenters. The molecule has 0 radical (unpaired) electrons. The third-order valence-corrected chi connectivity index (χ3v) is 5.23. The molecule has 6 heteroatoms. The van der Waals surface area contributed by atoms with E-state index < -0.39 is 0 Å². The first-order valence-corrected chi connectivity index (χ1v) is 9.24. The number of nitrogens with zero attached hydrogens (tertiary/aromatic N) is 5. The molecule has 3 aromatic heterocycles. The van der Waals surface area contributed by atoms with E-state index in [1.54, 1.807) is 0 Å². The molecule has 4 heterocycles.